The highest BCUT2D eigenvalue weighted by molar-refractivity contribution is 7.13. The number of thiazole rings is 1. The Balaban J connectivity index is 1.91. The van der Waals surface area contributed by atoms with Gasteiger partial charge in [-0.3, -0.25) is 4.79 Å². The van der Waals surface area contributed by atoms with Gasteiger partial charge in [-0.05, 0) is 12.8 Å². The largest absolute Gasteiger partial charge is 0.365 e. The molecule has 17 heavy (non-hydrogen) atoms. The van der Waals surface area contributed by atoms with E-state index < -0.39 is 0 Å². The topological polar surface area (TPSA) is 54.0 Å². The number of carbonyl (C=O) groups excluding carboxylic acids is 1. The molecule has 5 heteroatoms. The lowest BCUT2D eigenvalue weighted by Crippen LogP contribution is -2.34. The monoisotopic (exact) mass is 253 g/mol. The van der Waals surface area contributed by atoms with Gasteiger partial charge in [0.2, 0.25) is 0 Å². The summed E-state index contributed by atoms with van der Waals surface area (Å²) < 4.78 is 0. The molecule has 0 bridgehead atoms. The Bertz CT molecular complexity index is 370. The van der Waals surface area contributed by atoms with Gasteiger partial charge in [0.15, 0.2) is 5.13 Å². The highest BCUT2D eigenvalue weighted by Gasteiger charge is 2.17. The molecular weight excluding hydrogens is 234 g/mol. The summed E-state index contributed by atoms with van der Waals surface area (Å²) in [4.78, 5) is 16.2. The fourth-order valence-corrected chi connectivity index (χ4v) is 2.83. The van der Waals surface area contributed by atoms with Gasteiger partial charge in [-0.25, -0.2) is 4.98 Å². The predicted molar refractivity (Wildman–Crippen MR) is 70.6 cm³/mol. The summed E-state index contributed by atoms with van der Waals surface area (Å²) >= 11 is 1.46. The Morgan fingerprint density at radius 2 is 2.06 bits per heavy atom. The normalized spacial score (nSPS) is 17.5. The average molecular weight is 253 g/mol. The molecule has 0 saturated heterocycles. The van der Waals surface area contributed by atoms with Crippen LogP contribution in [0.5, 0.6) is 0 Å². The Morgan fingerprint density at radius 1 is 1.35 bits per heavy atom. The molecule has 0 aliphatic heterocycles. The molecule has 2 N–H and O–H groups in total. The summed E-state index contributed by atoms with van der Waals surface area (Å²) in [5.74, 6) is -0.0327. The second-order valence-electron chi connectivity index (χ2n) is 4.45. The van der Waals surface area contributed by atoms with Gasteiger partial charge in [0, 0.05) is 18.5 Å². The van der Waals surface area contributed by atoms with Crippen LogP contribution in [0, 0.1) is 0 Å². The molecule has 1 heterocycles. The molecule has 1 fully saturated rings. The first-order valence-electron chi connectivity index (χ1n) is 6.24. The molecular formula is C12H19N3OS. The maximum Gasteiger partial charge on any atom is 0.271 e. The van der Waals surface area contributed by atoms with E-state index in [1.54, 1.807) is 5.38 Å². The quantitative estimate of drug-likeness (QED) is 0.814. The Labute approximate surface area is 106 Å². The van der Waals surface area contributed by atoms with Gasteiger partial charge in [-0.2, -0.15) is 0 Å². The van der Waals surface area contributed by atoms with Crippen LogP contribution >= 0.6 is 11.3 Å². The fraction of sp³-hybridized carbons (Fsp3) is 0.667. The van der Waals surface area contributed by atoms with Gasteiger partial charge in [0.1, 0.15) is 5.69 Å². The van der Waals surface area contributed by atoms with Gasteiger partial charge in [-0.1, -0.05) is 25.7 Å². The summed E-state index contributed by atoms with van der Waals surface area (Å²) in [5.41, 5.74) is 0.531. The van der Waals surface area contributed by atoms with Crippen molar-refractivity contribution in [1.29, 1.82) is 0 Å². The van der Waals surface area contributed by atoms with Crippen LogP contribution in [0.15, 0.2) is 5.38 Å². The Morgan fingerprint density at radius 3 is 2.65 bits per heavy atom. The van der Waals surface area contributed by atoms with E-state index in [0.29, 0.717) is 11.7 Å². The molecule has 0 aromatic carbocycles. The number of amides is 1. The Hall–Kier alpha value is -1.10. The second kappa shape index (κ2) is 6.00. The predicted octanol–water partition coefficient (Wildman–Crippen LogP) is 2.64. The van der Waals surface area contributed by atoms with E-state index in [-0.39, 0.29) is 5.91 Å². The van der Waals surface area contributed by atoms with Crippen molar-refractivity contribution in [2.24, 2.45) is 0 Å². The van der Waals surface area contributed by atoms with Gasteiger partial charge in [0.05, 0.1) is 0 Å². The van der Waals surface area contributed by atoms with E-state index in [0.717, 1.165) is 18.0 Å². The summed E-state index contributed by atoms with van der Waals surface area (Å²) in [6.07, 6.45) is 7.26. The van der Waals surface area contributed by atoms with Crippen LogP contribution in [0.4, 0.5) is 5.13 Å². The van der Waals surface area contributed by atoms with Crippen LogP contribution in [0.25, 0.3) is 0 Å². The smallest absolute Gasteiger partial charge is 0.271 e. The van der Waals surface area contributed by atoms with Crippen LogP contribution < -0.4 is 10.6 Å². The van der Waals surface area contributed by atoms with Crippen LogP contribution in [0.1, 0.15) is 49.0 Å². The number of aromatic nitrogens is 1. The maximum absolute atomic E-state index is 12.0. The molecule has 1 aromatic heterocycles. The van der Waals surface area contributed by atoms with Gasteiger partial charge in [0.25, 0.3) is 5.91 Å². The molecule has 1 saturated carbocycles. The lowest BCUT2D eigenvalue weighted by atomic mass is 10.1. The highest BCUT2D eigenvalue weighted by atomic mass is 32.1. The molecule has 4 nitrogen and oxygen atoms in total. The molecule has 2 rings (SSSR count). The van der Waals surface area contributed by atoms with E-state index in [1.807, 2.05) is 7.05 Å². The molecule has 94 valence electrons. The maximum atomic E-state index is 12.0. The van der Waals surface area contributed by atoms with E-state index in [1.165, 1.54) is 37.0 Å². The number of nitrogens with one attached hydrogen (secondary N) is 2. The number of hydrogen-bond donors (Lipinski definition) is 2. The molecule has 1 aromatic rings. The molecule has 0 radical (unpaired) electrons. The van der Waals surface area contributed by atoms with E-state index in [9.17, 15) is 4.79 Å². The van der Waals surface area contributed by atoms with E-state index in [2.05, 4.69) is 15.6 Å². The summed E-state index contributed by atoms with van der Waals surface area (Å²) in [5, 5.41) is 8.62. The lowest BCUT2D eigenvalue weighted by molar-refractivity contribution is 0.0929. The van der Waals surface area contributed by atoms with Crippen molar-refractivity contribution in [1.82, 2.24) is 10.3 Å². The van der Waals surface area contributed by atoms with E-state index >= 15 is 0 Å². The molecule has 1 aliphatic rings. The van der Waals surface area contributed by atoms with Crippen LogP contribution in [-0.2, 0) is 0 Å². The summed E-state index contributed by atoms with van der Waals surface area (Å²) in [6.45, 7) is 0. The fourth-order valence-electron chi connectivity index (χ4n) is 2.18. The third-order valence-electron chi connectivity index (χ3n) is 3.14. The minimum Gasteiger partial charge on any atom is -0.365 e. The Kier molecular flexibility index (Phi) is 4.36. The first-order chi connectivity index (χ1) is 8.29. The zero-order chi connectivity index (χ0) is 12.1. The minimum absolute atomic E-state index is 0.0327. The summed E-state index contributed by atoms with van der Waals surface area (Å²) in [7, 11) is 1.81. The van der Waals surface area contributed by atoms with Gasteiger partial charge in [-0.15, -0.1) is 11.3 Å². The third-order valence-corrected chi connectivity index (χ3v) is 4.00. The third kappa shape index (κ3) is 3.43. The minimum atomic E-state index is -0.0327. The number of nitrogens with zero attached hydrogens (tertiary/aromatic N) is 1. The molecule has 0 unspecified atom stereocenters. The lowest BCUT2D eigenvalue weighted by Gasteiger charge is -2.15. The zero-order valence-corrected chi connectivity index (χ0v) is 11.0. The van der Waals surface area contributed by atoms with Crippen LogP contribution in [0.3, 0.4) is 0 Å². The SMILES string of the molecule is CNc1nc(C(=O)NC2CCCCCC2)cs1. The van der Waals surface area contributed by atoms with Gasteiger partial charge < -0.3 is 10.6 Å². The van der Waals surface area contributed by atoms with E-state index in [4.69, 9.17) is 0 Å². The van der Waals surface area contributed by atoms with Crippen molar-refractivity contribution in [3.05, 3.63) is 11.1 Å². The van der Waals surface area contributed by atoms with Crippen molar-refractivity contribution in [3.8, 4) is 0 Å². The van der Waals surface area contributed by atoms with Crippen molar-refractivity contribution in [3.63, 3.8) is 0 Å². The van der Waals surface area contributed by atoms with Crippen molar-refractivity contribution in [2.45, 2.75) is 44.6 Å². The van der Waals surface area contributed by atoms with Crippen LogP contribution in [-0.4, -0.2) is 24.0 Å². The second-order valence-corrected chi connectivity index (χ2v) is 5.31. The first-order valence-corrected chi connectivity index (χ1v) is 7.11. The number of anilines is 1. The highest BCUT2D eigenvalue weighted by Crippen LogP contribution is 2.18. The molecule has 0 atom stereocenters. The van der Waals surface area contributed by atoms with Crippen molar-refractivity contribution in [2.75, 3.05) is 12.4 Å². The standard InChI is InChI=1S/C12H19N3OS/c1-13-12-15-10(8-17-12)11(16)14-9-6-4-2-3-5-7-9/h8-9H,2-7H2,1H3,(H,13,15)(H,14,16). The van der Waals surface area contributed by atoms with Gasteiger partial charge >= 0.3 is 0 Å². The van der Waals surface area contributed by atoms with Crippen molar-refractivity contribution < 1.29 is 4.79 Å². The first kappa shape index (κ1) is 12.4. The van der Waals surface area contributed by atoms with Crippen molar-refractivity contribution >= 4 is 22.4 Å². The number of carbonyl (C=O) groups is 1. The molecule has 1 amide bonds. The molecule has 1 aliphatic carbocycles. The average Bonchev–Trinajstić information content (AvgIpc) is 2.68. The number of hydrogen-bond acceptors (Lipinski definition) is 4. The summed E-state index contributed by atoms with van der Waals surface area (Å²) in [6, 6.07) is 0.338. The van der Waals surface area contributed by atoms with Crippen LogP contribution in [0.2, 0.25) is 0 Å². The number of rotatable bonds is 3. The molecule has 0 spiro atoms. The zero-order valence-electron chi connectivity index (χ0n) is 10.2.